The molecule has 0 aromatic rings. The summed E-state index contributed by atoms with van der Waals surface area (Å²) in [6.07, 6.45) is 0. The van der Waals surface area contributed by atoms with E-state index in [0.717, 1.165) is 0 Å². The van der Waals surface area contributed by atoms with Gasteiger partial charge in [-0.3, -0.25) is 0 Å². The second-order valence-corrected chi connectivity index (χ2v) is 0. The third-order valence-corrected chi connectivity index (χ3v) is 0. The van der Waals surface area contributed by atoms with Crippen LogP contribution in [-0.4, -0.2) is 5.48 Å². The Hall–Kier alpha value is 2.11. The van der Waals surface area contributed by atoms with E-state index < -0.39 is 0 Å². The van der Waals surface area contributed by atoms with Crippen molar-refractivity contribution in [2.45, 2.75) is 0 Å². The molecular weight excluding hydrogens is 388 g/mol. The summed E-state index contributed by atoms with van der Waals surface area (Å²) in [7, 11) is 0. The van der Waals surface area contributed by atoms with Crippen LogP contribution < -0.4 is 68.2 Å². The van der Waals surface area contributed by atoms with E-state index in [2.05, 4.69) is 0 Å². The fourth-order valence-corrected chi connectivity index (χ4v) is 0. The Morgan fingerprint density at radius 1 is 0.500 bits per heavy atom. The molecule has 0 aliphatic rings. The molecule has 0 unspecified atom stereocenters. The van der Waals surface area contributed by atoms with Crippen LogP contribution in [0, 0.1) is 0 Å². The van der Waals surface area contributed by atoms with Crippen LogP contribution in [0.2, 0.25) is 0 Å². The van der Waals surface area contributed by atoms with Gasteiger partial charge in [0.1, 0.15) is 0 Å². The predicted molar refractivity (Wildman–Crippen MR) is 7.92 cm³/mol. The van der Waals surface area contributed by atoms with Crippen LogP contribution in [0.5, 0.6) is 0 Å². The van der Waals surface area contributed by atoms with Gasteiger partial charge in [0.2, 0.25) is 0 Å². The van der Waals surface area contributed by atoms with Gasteiger partial charge in [0.25, 0.3) is 0 Å². The van der Waals surface area contributed by atoms with E-state index >= 15 is 0 Å². The van der Waals surface area contributed by atoms with Gasteiger partial charge in [0.05, 0.1) is 0 Å². The van der Waals surface area contributed by atoms with Crippen molar-refractivity contribution in [2.75, 3.05) is 0 Å². The third kappa shape index (κ3) is 92.1. The largest absolute Gasteiger partial charge is 2.00 e. The first-order chi connectivity index (χ1) is 0. The van der Waals surface area contributed by atoms with E-state index in [-0.39, 0.29) is 96.0 Å². The van der Waals surface area contributed by atoms with Crippen molar-refractivity contribution in [1.82, 2.24) is 6.15 Å². The fraction of sp³-hybridized carbons (Fsp3) is 0. The van der Waals surface area contributed by atoms with Crippen LogP contribution in [0.4, 0.5) is 0 Å². The second kappa shape index (κ2) is 135. The summed E-state index contributed by atoms with van der Waals surface area (Å²) in [4.78, 5) is 0. The van der Waals surface area contributed by atoms with Crippen molar-refractivity contribution in [2.24, 2.45) is 0 Å². The average molecular weight is 393 g/mol. The van der Waals surface area contributed by atoms with E-state index in [9.17, 15) is 0 Å². The van der Waals surface area contributed by atoms with Gasteiger partial charge < -0.3 is 73.7 Å². The van der Waals surface area contributed by atoms with Gasteiger partial charge in [0, 0.05) is 0 Å². The molecule has 1 radical (unpaired) electrons. The maximum absolute atomic E-state index is 0. The number of rotatable bonds is 0. The van der Waals surface area contributed by atoms with Crippen molar-refractivity contribution in [3.05, 3.63) is 0 Å². The Morgan fingerprint density at radius 2 is 0.500 bits per heavy atom. The Labute approximate surface area is 95.4 Å². The van der Waals surface area contributed by atoms with Crippen molar-refractivity contribution in [3.63, 3.8) is 0 Å². The van der Waals surface area contributed by atoms with E-state index in [1.54, 1.807) is 0 Å². The molecule has 0 saturated carbocycles. The first kappa shape index (κ1) is 188. The Balaban J connectivity index is 0. The number of halogens is 5. The van der Waals surface area contributed by atoms with Crippen LogP contribution in [0.3, 0.4) is 0 Å². The second-order valence-electron chi connectivity index (χ2n) is 0. The quantitative estimate of drug-likeness (QED) is 0.437. The molecule has 8 heavy (non-hydrogen) atoms. The standard InChI is InChI=1S/5ClH.H3N.H2O.Ta/h5*1H;1H3;1H2;/q;;;;;;;+2/p-5. The summed E-state index contributed by atoms with van der Waals surface area (Å²) in [5.41, 5.74) is 0. The number of hydrogen-bond acceptors (Lipinski definition) is 1. The zero-order valence-electron chi connectivity index (χ0n) is 3.78. The molecule has 5 N–H and O–H groups in total. The molecule has 0 rings (SSSR count). The van der Waals surface area contributed by atoms with E-state index in [1.807, 2.05) is 0 Å². The van der Waals surface area contributed by atoms with Gasteiger partial charge in [-0.1, -0.05) is 0 Å². The summed E-state index contributed by atoms with van der Waals surface area (Å²) in [5, 5.41) is 0. The molecule has 59 valence electrons. The molecule has 2 nitrogen and oxygen atoms in total. The van der Waals surface area contributed by atoms with Crippen LogP contribution >= 0.6 is 0 Å². The average Bonchev–Trinajstić information content (AvgIpc) is 0. The number of quaternary nitrogens is 1. The molecule has 0 aliphatic carbocycles. The first-order valence-electron chi connectivity index (χ1n) is 0. The van der Waals surface area contributed by atoms with E-state index in [1.165, 1.54) is 0 Å². The summed E-state index contributed by atoms with van der Waals surface area (Å²) in [6.45, 7) is 0. The molecule has 0 atom stereocenters. The van der Waals surface area contributed by atoms with Gasteiger partial charge in [-0.2, -0.15) is 0 Å². The van der Waals surface area contributed by atoms with Crippen LogP contribution in [0.15, 0.2) is 0 Å². The monoisotopic (exact) mass is 391 g/mol. The van der Waals surface area contributed by atoms with Crippen LogP contribution in [-0.2, 0) is 22.4 Å². The minimum Gasteiger partial charge on any atom is -1.00 e. The fourth-order valence-electron chi connectivity index (χ4n) is 0. The SMILES string of the molecule is [Cl-].[Cl-].[Cl-].[Cl-].[Cl-].[NH4+].[OH-].[Ta+2]. The minimum absolute atomic E-state index is 0. The molecule has 0 aromatic carbocycles. The zero-order chi connectivity index (χ0) is 0. The zero-order valence-corrected chi connectivity index (χ0v) is 10.8. The molecule has 0 amide bonds. The Morgan fingerprint density at radius 3 is 0.500 bits per heavy atom. The molecule has 0 fully saturated rings. The van der Waals surface area contributed by atoms with Crippen molar-refractivity contribution >= 4 is 0 Å². The molecule has 0 heterocycles. The van der Waals surface area contributed by atoms with E-state index in [4.69, 9.17) is 0 Å². The maximum Gasteiger partial charge on any atom is 2.00 e. The predicted octanol–water partition coefficient (Wildman–Crippen LogP) is -14.8. The van der Waals surface area contributed by atoms with Gasteiger partial charge in [-0.15, -0.1) is 0 Å². The Kier molecular flexibility index (Phi) is 3170. The van der Waals surface area contributed by atoms with Crippen molar-refractivity contribution in [1.29, 1.82) is 0 Å². The van der Waals surface area contributed by atoms with Gasteiger partial charge >= 0.3 is 22.4 Å². The van der Waals surface area contributed by atoms with Crippen LogP contribution in [0.1, 0.15) is 0 Å². The first-order valence-corrected chi connectivity index (χ1v) is 0. The summed E-state index contributed by atoms with van der Waals surface area (Å²) in [6, 6.07) is 0. The molecule has 0 bridgehead atoms. The van der Waals surface area contributed by atoms with E-state index in [0.29, 0.717) is 0 Å². The number of hydrogen-bond donors (Lipinski definition) is 1. The van der Waals surface area contributed by atoms with Crippen molar-refractivity contribution < 1.29 is 89.9 Å². The molecule has 8 heteroatoms. The normalized spacial score (nSPS) is 0. The Bertz CT molecular complexity index is 12.4. The third-order valence-electron chi connectivity index (χ3n) is 0. The minimum atomic E-state index is 0. The van der Waals surface area contributed by atoms with Gasteiger partial charge in [-0.05, 0) is 0 Å². The summed E-state index contributed by atoms with van der Waals surface area (Å²) >= 11 is 0. The topological polar surface area (TPSA) is 66.5 Å². The van der Waals surface area contributed by atoms with Gasteiger partial charge in [0.15, 0.2) is 0 Å². The maximum atomic E-state index is 0. The smallest absolute Gasteiger partial charge is 1.00 e. The molecule has 0 spiro atoms. The molecular formula is H5Cl5NOTa-3. The van der Waals surface area contributed by atoms with Crippen LogP contribution in [0.25, 0.3) is 0 Å². The summed E-state index contributed by atoms with van der Waals surface area (Å²) in [5.74, 6) is 0. The molecule has 0 aromatic heterocycles. The van der Waals surface area contributed by atoms with Gasteiger partial charge in [-0.25, -0.2) is 0 Å². The molecule has 0 aliphatic heterocycles. The summed E-state index contributed by atoms with van der Waals surface area (Å²) < 4.78 is 0. The molecule has 0 saturated heterocycles. The van der Waals surface area contributed by atoms with Crippen molar-refractivity contribution in [3.8, 4) is 0 Å².